The number of pyridine rings is 1. The van der Waals surface area contributed by atoms with Crippen molar-refractivity contribution in [3.05, 3.63) is 23.4 Å². The van der Waals surface area contributed by atoms with Gasteiger partial charge in [-0.25, -0.2) is 4.98 Å². The number of aromatic nitrogens is 1. The Balaban J connectivity index is 2.79. The predicted octanol–water partition coefficient (Wildman–Crippen LogP) is 3.32. The summed E-state index contributed by atoms with van der Waals surface area (Å²) in [4.78, 5) is 3.92. The van der Waals surface area contributed by atoms with E-state index in [1.54, 1.807) is 6.07 Å². The molecule has 90 valence electrons. The predicted molar refractivity (Wildman–Crippen MR) is 54.7 cm³/mol. The van der Waals surface area contributed by atoms with Crippen molar-refractivity contribution in [1.29, 1.82) is 0 Å². The molecule has 0 spiro atoms. The molecule has 1 aromatic heterocycles. The molecule has 0 bridgehead atoms. The maximum atomic E-state index is 11.9. The number of halogens is 4. The summed E-state index contributed by atoms with van der Waals surface area (Å²) in [5.74, 6) is 0.185. The number of ether oxygens (including phenoxy) is 1. The van der Waals surface area contributed by atoms with E-state index in [1.807, 2.05) is 6.92 Å². The quantitative estimate of drug-likeness (QED) is 0.768. The zero-order chi connectivity index (χ0) is 12.2. The molecular weight excluding hydrogens is 243 g/mol. The van der Waals surface area contributed by atoms with Crippen molar-refractivity contribution in [2.45, 2.75) is 25.4 Å². The second-order valence-electron chi connectivity index (χ2n) is 3.20. The van der Waals surface area contributed by atoms with Gasteiger partial charge in [0.15, 0.2) is 6.61 Å². The van der Waals surface area contributed by atoms with Gasteiger partial charge in [0.05, 0.1) is 0 Å². The molecule has 0 aliphatic rings. The minimum absolute atomic E-state index is 0.0349. The Morgan fingerprint density at radius 1 is 1.38 bits per heavy atom. The first-order valence-corrected chi connectivity index (χ1v) is 5.23. The molecule has 0 fully saturated rings. The Morgan fingerprint density at radius 2 is 2.06 bits per heavy atom. The maximum Gasteiger partial charge on any atom is 0.422 e. The smallest absolute Gasteiger partial charge is 0.422 e. The van der Waals surface area contributed by atoms with E-state index < -0.39 is 12.8 Å². The lowest BCUT2D eigenvalue weighted by Gasteiger charge is -2.10. The molecule has 0 radical (unpaired) electrons. The molecule has 0 aromatic carbocycles. The van der Waals surface area contributed by atoms with E-state index in [0.717, 1.165) is 0 Å². The SMILES string of the molecule is CCc1cc(CCl)cc(OCC(F)(F)F)n1. The summed E-state index contributed by atoms with van der Waals surface area (Å²) in [6.07, 6.45) is -3.74. The van der Waals surface area contributed by atoms with Crippen LogP contribution in [0.3, 0.4) is 0 Å². The Morgan fingerprint density at radius 3 is 2.56 bits per heavy atom. The summed E-state index contributed by atoms with van der Waals surface area (Å²) < 4.78 is 40.3. The zero-order valence-electron chi connectivity index (χ0n) is 8.64. The Labute approximate surface area is 96.4 Å². The number of rotatable bonds is 4. The Kier molecular flexibility index (Phi) is 4.41. The van der Waals surface area contributed by atoms with E-state index in [0.29, 0.717) is 17.7 Å². The molecule has 0 amide bonds. The highest BCUT2D eigenvalue weighted by molar-refractivity contribution is 6.17. The van der Waals surface area contributed by atoms with Gasteiger partial charge >= 0.3 is 6.18 Å². The van der Waals surface area contributed by atoms with Crippen molar-refractivity contribution in [2.24, 2.45) is 0 Å². The van der Waals surface area contributed by atoms with E-state index in [2.05, 4.69) is 9.72 Å². The van der Waals surface area contributed by atoms with Crippen LogP contribution in [0.15, 0.2) is 12.1 Å². The van der Waals surface area contributed by atoms with Gasteiger partial charge in [0.2, 0.25) is 5.88 Å². The van der Waals surface area contributed by atoms with Crippen molar-refractivity contribution >= 4 is 11.6 Å². The Hall–Kier alpha value is -0.970. The third-order valence-corrected chi connectivity index (χ3v) is 2.12. The highest BCUT2D eigenvalue weighted by atomic mass is 35.5. The van der Waals surface area contributed by atoms with Crippen LogP contribution in [0.4, 0.5) is 13.2 Å². The maximum absolute atomic E-state index is 11.9. The molecule has 0 aliphatic heterocycles. The fourth-order valence-corrected chi connectivity index (χ4v) is 1.26. The van der Waals surface area contributed by atoms with Crippen LogP contribution in [-0.4, -0.2) is 17.8 Å². The molecule has 6 heteroatoms. The highest BCUT2D eigenvalue weighted by Crippen LogP contribution is 2.19. The molecular formula is C10H11ClF3NO. The molecule has 0 N–H and O–H groups in total. The average molecular weight is 254 g/mol. The lowest BCUT2D eigenvalue weighted by Crippen LogP contribution is -2.19. The van der Waals surface area contributed by atoms with Gasteiger partial charge in [-0.15, -0.1) is 11.6 Å². The summed E-state index contributed by atoms with van der Waals surface area (Å²) >= 11 is 5.61. The van der Waals surface area contributed by atoms with Gasteiger partial charge in [-0.3, -0.25) is 0 Å². The van der Waals surface area contributed by atoms with Crippen molar-refractivity contribution in [3.8, 4) is 5.88 Å². The van der Waals surface area contributed by atoms with Gasteiger partial charge in [-0.2, -0.15) is 13.2 Å². The fraction of sp³-hybridized carbons (Fsp3) is 0.500. The molecule has 16 heavy (non-hydrogen) atoms. The largest absolute Gasteiger partial charge is 0.468 e. The lowest BCUT2D eigenvalue weighted by atomic mass is 10.2. The van der Waals surface area contributed by atoms with Crippen molar-refractivity contribution in [3.63, 3.8) is 0 Å². The van der Waals surface area contributed by atoms with Crippen LogP contribution in [0.2, 0.25) is 0 Å². The fourth-order valence-electron chi connectivity index (χ4n) is 1.11. The average Bonchev–Trinajstić information content (AvgIpc) is 2.25. The number of nitrogens with zero attached hydrogens (tertiary/aromatic N) is 1. The molecule has 0 saturated carbocycles. The van der Waals surface area contributed by atoms with Gasteiger partial charge < -0.3 is 4.74 Å². The summed E-state index contributed by atoms with van der Waals surface area (Å²) in [6.45, 7) is 0.517. The summed E-state index contributed by atoms with van der Waals surface area (Å²) in [5.41, 5.74) is 1.36. The van der Waals surface area contributed by atoms with Crippen LogP contribution in [0, 0.1) is 0 Å². The number of aryl methyl sites for hydroxylation is 1. The number of alkyl halides is 4. The molecule has 0 aliphatic carbocycles. The molecule has 0 unspecified atom stereocenters. The molecule has 1 heterocycles. The zero-order valence-corrected chi connectivity index (χ0v) is 9.40. The van der Waals surface area contributed by atoms with E-state index in [9.17, 15) is 13.2 Å². The van der Waals surface area contributed by atoms with Crippen LogP contribution >= 0.6 is 11.6 Å². The first-order chi connectivity index (χ1) is 7.44. The molecule has 1 rings (SSSR count). The van der Waals surface area contributed by atoms with Gasteiger partial charge in [0, 0.05) is 17.6 Å². The first kappa shape index (κ1) is 13.1. The minimum Gasteiger partial charge on any atom is -0.468 e. The van der Waals surface area contributed by atoms with Crippen LogP contribution in [0.5, 0.6) is 5.88 Å². The lowest BCUT2D eigenvalue weighted by molar-refractivity contribution is -0.154. The first-order valence-electron chi connectivity index (χ1n) is 4.70. The van der Waals surface area contributed by atoms with Crippen molar-refractivity contribution in [1.82, 2.24) is 4.98 Å². The van der Waals surface area contributed by atoms with Crippen molar-refractivity contribution in [2.75, 3.05) is 6.61 Å². The van der Waals surface area contributed by atoms with Gasteiger partial charge in [-0.1, -0.05) is 6.92 Å². The van der Waals surface area contributed by atoms with Crippen molar-refractivity contribution < 1.29 is 17.9 Å². The van der Waals surface area contributed by atoms with E-state index in [-0.39, 0.29) is 11.8 Å². The number of hydrogen-bond acceptors (Lipinski definition) is 2. The summed E-state index contributed by atoms with van der Waals surface area (Å²) in [6, 6.07) is 3.16. The third kappa shape index (κ3) is 4.26. The summed E-state index contributed by atoms with van der Waals surface area (Å²) in [5, 5.41) is 0. The monoisotopic (exact) mass is 253 g/mol. The Bertz CT molecular complexity index is 332. The normalized spacial score (nSPS) is 11.6. The standard InChI is InChI=1S/C10H11ClF3NO/c1-2-8-3-7(5-11)4-9(15-8)16-6-10(12,13)14/h3-4H,2,5-6H2,1H3. The van der Waals surface area contributed by atoms with E-state index in [4.69, 9.17) is 11.6 Å². The van der Waals surface area contributed by atoms with Crippen LogP contribution < -0.4 is 4.74 Å². The van der Waals surface area contributed by atoms with Gasteiger partial charge in [-0.05, 0) is 18.1 Å². The van der Waals surface area contributed by atoms with E-state index >= 15 is 0 Å². The van der Waals surface area contributed by atoms with E-state index in [1.165, 1.54) is 6.07 Å². The second kappa shape index (κ2) is 5.39. The number of hydrogen-bond donors (Lipinski definition) is 0. The van der Waals surface area contributed by atoms with Crippen LogP contribution in [-0.2, 0) is 12.3 Å². The topological polar surface area (TPSA) is 22.1 Å². The minimum atomic E-state index is -4.36. The second-order valence-corrected chi connectivity index (χ2v) is 3.46. The third-order valence-electron chi connectivity index (χ3n) is 1.81. The van der Waals surface area contributed by atoms with Gasteiger partial charge in [0.25, 0.3) is 0 Å². The van der Waals surface area contributed by atoms with Crippen LogP contribution in [0.1, 0.15) is 18.2 Å². The van der Waals surface area contributed by atoms with Gasteiger partial charge in [0.1, 0.15) is 0 Å². The molecule has 2 nitrogen and oxygen atoms in total. The van der Waals surface area contributed by atoms with Crippen LogP contribution in [0.25, 0.3) is 0 Å². The molecule has 1 aromatic rings. The molecule has 0 saturated heterocycles. The summed E-state index contributed by atoms with van der Waals surface area (Å²) in [7, 11) is 0. The molecule has 0 atom stereocenters. The highest BCUT2D eigenvalue weighted by Gasteiger charge is 2.28.